The van der Waals surface area contributed by atoms with E-state index in [0.717, 1.165) is 4.47 Å². The fraction of sp³-hybridized carbons (Fsp3) is 0. The Balaban J connectivity index is 2.57. The van der Waals surface area contributed by atoms with Crippen molar-refractivity contribution in [2.75, 3.05) is 0 Å². The van der Waals surface area contributed by atoms with Crippen LogP contribution < -0.4 is 5.43 Å². The number of benzene rings is 2. The van der Waals surface area contributed by atoms with Gasteiger partial charge in [0.15, 0.2) is 0 Å². The summed E-state index contributed by atoms with van der Waals surface area (Å²) in [6.45, 7) is 0. The van der Waals surface area contributed by atoms with E-state index in [1.165, 1.54) is 18.2 Å². The van der Waals surface area contributed by atoms with Crippen LogP contribution in [-0.4, -0.2) is 0 Å². The third-order valence-electron chi connectivity index (χ3n) is 2.59. The first-order valence-corrected chi connectivity index (χ1v) is 5.76. The van der Waals surface area contributed by atoms with Gasteiger partial charge in [-0.2, -0.15) is 0 Å². The van der Waals surface area contributed by atoms with Gasteiger partial charge in [0.05, 0.1) is 10.8 Å². The van der Waals surface area contributed by atoms with Crippen LogP contribution >= 0.6 is 15.9 Å². The molecule has 2 aromatic carbocycles. The van der Waals surface area contributed by atoms with Crippen LogP contribution in [-0.2, 0) is 0 Å². The minimum Gasteiger partial charge on any atom is -0.456 e. The van der Waals surface area contributed by atoms with Crippen molar-refractivity contribution < 1.29 is 8.81 Å². The van der Waals surface area contributed by atoms with E-state index in [0.29, 0.717) is 16.6 Å². The van der Waals surface area contributed by atoms with Crippen molar-refractivity contribution in [1.82, 2.24) is 0 Å². The van der Waals surface area contributed by atoms with E-state index in [2.05, 4.69) is 15.9 Å². The van der Waals surface area contributed by atoms with Gasteiger partial charge in [0.1, 0.15) is 17.0 Å². The normalized spacial score (nSPS) is 11.2. The summed E-state index contributed by atoms with van der Waals surface area (Å²) in [4.78, 5) is 12.1. The molecule has 2 nitrogen and oxygen atoms in total. The lowest BCUT2D eigenvalue weighted by Crippen LogP contribution is -2.02. The zero-order valence-corrected chi connectivity index (χ0v) is 10.1. The molecule has 0 aliphatic heterocycles. The molecule has 0 saturated heterocycles. The Labute approximate surface area is 104 Å². The number of hydrogen-bond acceptors (Lipinski definition) is 2. The van der Waals surface area contributed by atoms with Crippen LogP contribution in [0, 0.1) is 5.82 Å². The summed E-state index contributed by atoms with van der Waals surface area (Å²) in [7, 11) is 0. The molecule has 3 rings (SSSR count). The van der Waals surface area contributed by atoms with Gasteiger partial charge in [0.2, 0.25) is 5.43 Å². The molecule has 84 valence electrons. The Morgan fingerprint density at radius 2 is 1.82 bits per heavy atom. The van der Waals surface area contributed by atoms with Gasteiger partial charge < -0.3 is 4.42 Å². The van der Waals surface area contributed by atoms with Crippen LogP contribution in [0.1, 0.15) is 0 Å². The molecule has 0 radical (unpaired) electrons. The molecular formula is C13H6BrFO2. The Morgan fingerprint density at radius 3 is 2.65 bits per heavy atom. The molecule has 17 heavy (non-hydrogen) atoms. The van der Waals surface area contributed by atoms with Crippen LogP contribution in [0.25, 0.3) is 21.9 Å². The van der Waals surface area contributed by atoms with Gasteiger partial charge in [0, 0.05) is 4.47 Å². The minimum atomic E-state index is -0.443. The second-order valence-corrected chi connectivity index (χ2v) is 4.63. The van der Waals surface area contributed by atoms with E-state index in [1.807, 2.05) is 0 Å². The maximum absolute atomic E-state index is 13.1. The largest absolute Gasteiger partial charge is 0.456 e. The van der Waals surface area contributed by atoms with Crippen LogP contribution in [0.5, 0.6) is 0 Å². The average molecular weight is 293 g/mol. The van der Waals surface area contributed by atoms with E-state index in [9.17, 15) is 9.18 Å². The highest BCUT2D eigenvalue weighted by atomic mass is 79.9. The highest BCUT2D eigenvalue weighted by Crippen LogP contribution is 2.22. The monoisotopic (exact) mass is 292 g/mol. The van der Waals surface area contributed by atoms with Crippen molar-refractivity contribution in [3.8, 4) is 0 Å². The molecule has 1 aromatic heterocycles. The quantitative estimate of drug-likeness (QED) is 0.589. The molecule has 0 atom stereocenters. The zero-order valence-electron chi connectivity index (χ0n) is 8.54. The predicted octanol–water partition coefficient (Wildman–Crippen LogP) is 3.85. The lowest BCUT2D eigenvalue weighted by molar-refractivity contribution is 0.623. The average Bonchev–Trinajstić information content (AvgIpc) is 2.30. The molecule has 4 heteroatoms. The lowest BCUT2D eigenvalue weighted by Gasteiger charge is -2.01. The summed E-state index contributed by atoms with van der Waals surface area (Å²) < 4.78 is 19.5. The number of halogens is 2. The van der Waals surface area contributed by atoms with Crippen LogP contribution in [0.3, 0.4) is 0 Å². The first kappa shape index (κ1) is 10.5. The summed E-state index contributed by atoms with van der Waals surface area (Å²) in [6, 6.07) is 9.07. The van der Waals surface area contributed by atoms with Gasteiger partial charge in [-0.1, -0.05) is 15.9 Å². The Hall–Kier alpha value is -1.68. The molecule has 0 amide bonds. The van der Waals surface area contributed by atoms with Crippen molar-refractivity contribution in [2.45, 2.75) is 0 Å². The van der Waals surface area contributed by atoms with Crippen LogP contribution in [0.2, 0.25) is 0 Å². The summed E-state index contributed by atoms with van der Waals surface area (Å²) in [5, 5.41) is 0.714. The predicted molar refractivity (Wildman–Crippen MR) is 67.6 cm³/mol. The molecule has 0 aliphatic rings. The number of hydrogen-bond donors (Lipinski definition) is 0. The van der Waals surface area contributed by atoms with E-state index in [4.69, 9.17) is 4.42 Å². The molecule has 0 unspecified atom stereocenters. The molecule has 3 aromatic rings. The van der Waals surface area contributed by atoms with E-state index in [-0.39, 0.29) is 10.8 Å². The van der Waals surface area contributed by atoms with Crippen molar-refractivity contribution >= 4 is 37.9 Å². The summed E-state index contributed by atoms with van der Waals surface area (Å²) in [5.74, 6) is -0.443. The van der Waals surface area contributed by atoms with Crippen molar-refractivity contribution in [3.05, 3.63) is 56.9 Å². The van der Waals surface area contributed by atoms with Gasteiger partial charge in [-0.05, 0) is 36.4 Å². The highest BCUT2D eigenvalue weighted by Gasteiger charge is 2.08. The fourth-order valence-electron chi connectivity index (χ4n) is 1.80. The van der Waals surface area contributed by atoms with Crippen LogP contribution in [0.15, 0.2) is 50.1 Å². The molecule has 0 aliphatic carbocycles. The van der Waals surface area contributed by atoms with Gasteiger partial charge in [-0.15, -0.1) is 0 Å². The lowest BCUT2D eigenvalue weighted by atomic mass is 10.1. The van der Waals surface area contributed by atoms with E-state index < -0.39 is 5.82 Å². The smallest absolute Gasteiger partial charge is 0.200 e. The summed E-state index contributed by atoms with van der Waals surface area (Å²) in [5.41, 5.74) is 0.665. The standard InChI is InChI=1S/C13H6BrFO2/c14-7-1-3-9-12(5-7)17-11-4-2-8(15)6-10(11)13(9)16/h1-6H. The maximum atomic E-state index is 13.1. The summed E-state index contributed by atoms with van der Waals surface area (Å²) >= 11 is 3.31. The third-order valence-corrected chi connectivity index (χ3v) is 3.09. The Morgan fingerprint density at radius 1 is 1.00 bits per heavy atom. The number of fused-ring (bicyclic) bond motifs is 2. The van der Waals surface area contributed by atoms with E-state index >= 15 is 0 Å². The molecular weight excluding hydrogens is 287 g/mol. The van der Waals surface area contributed by atoms with E-state index in [1.54, 1.807) is 18.2 Å². The zero-order chi connectivity index (χ0) is 12.0. The molecule has 0 N–H and O–H groups in total. The van der Waals surface area contributed by atoms with Crippen molar-refractivity contribution in [2.24, 2.45) is 0 Å². The molecule has 0 saturated carbocycles. The van der Waals surface area contributed by atoms with Gasteiger partial charge >= 0.3 is 0 Å². The highest BCUT2D eigenvalue weighted by molar-refractivity contribution is 9.10. The van der Waals surface area contributed by atoms with Gasteiger partial charge in [-0.3, -0.25) is 4.79 Å². The van der Waals surface area contributed by atoms with Crippen molar-refractivity contribution in [1.29, 1.82) is 0 Å². The number of rotatable bonds is 0. The first-order chi connectivity index (χ1) is 8.15. The van der Waals surface area contributed by atoms with Gasteiger partial charge in [0.25, 0.3) is 0 Å². The minimum absolute atomic E-state index is 0.215. The fourth-order valence-corrected chi connectivity index (χ4v) is 2.14. The molecule has 0 bridgehead atoms. The molecule has 0 fully saturated rings. The summed E-state index contributed by atoms with van der Waals surface area (Å²) in [6.07, 6.45) is 0. The second kappa shape index (κ2) is 3.67. The first-order valence-electron chi connectivity index (χ1n) is 4.97. The van der Waals surface area contributed by atoms with Gasteiger partial charge in [-0.25, -0.2) is 4.39 Å². The Bertz CT molecular complexity index is 792. The SMILES string of the molecule is O=c1c2ccc(Br)cc2oc2ccc(F)cc12. The molecule has 0 spiro atoms. The second-order valence-electron chi connectivity index (χ2n) is 3.71. The van der Waals surface area contributed by atoms with Crippen molar-refractivity contribution in [3.63, 3.8) is 0 Å². The third kappa shape index (κ3) is 1.65. The topological polar surface area (TPSA) is 30.2 Å². The Kier molecular flexibility index (Phi) is 2.26. The van der Waals surface area contributed by atoms with Crippen LogP contribution in [0.4, 0.5) is 4.39 Å². The molecule has 1 heterocycles. The maximum Gasteiger partial charge on any atom is 0.200 e.